The highest BCUT2D eigenvalue weighted by Gasteiger charge is 2.12. The van der Waals surface area contributed by atoms with E-state index in [0.29, 0.717) is 10.4 Å². The maximum Gasteiger partial charge on any atom is 0.345 e. The molecule has 2 N–H and O–H groups in total. The van der Waals surface area contributed by atoms with Crippen LogP contribution in [0.15, 0.2) is 24.3 Å². The molecule has 0 radical (unpaired) electrons. The monoisotopic (exact) mass is 283 g/mol. The van der Waals surface area contributed by atoms with Gasteiger partial charge in [0.2, 0.25) is 0 Å². The summed E-state index contributed by atoms with van der Waals surface area (Å²) >= 11 is 1.07. The molecule has 0 fully saturated rings. The summed E-state index contributed by atoms with van der Waals surface area (Å²) in [7, 11) is 0. The zero-order chi connectivity index (χ0) is 14.0. The van der Waals surface area contributed by atoms with Crippen LogP contribution in [-0.2, 0) is 6.54 Å². The van der Waals surface area contributed by atoms with Gasteiger partial charge in [-0.05, 0) is 30.7 Å². The van der Waals surface area contributed by atoms with Crippen LogP contribution in [0.5, 0.6) is 0 Å². The molecule has 0 aliphatic heterocycles. The topological polar surface area (TPSA) is 49.3 Å². The number of benzene rings is 1. The zero-order valence-electron chi connectivity index (χ0n) is 10.0. The number of thiophene rings is 1. The van der Waals surface area contributed by atoms with Gasteiger partial charge in [-0.25, -0.2) is 13.6 Å². The van der Waals surface area contributed by atoms with Gasteiger partial charge in [-0.2, -0.15) is 0 Å². The van der Waals surface area contributed by atoms with Crippen molar-refractivity contribution >= 4 is 23.0 Å². The highest BCUT2D eigenvalue weighted by atomic mass is 32.1. The maximum absolute atomic E-state index is 13.7. The lowest BCUT2D eigenvalue weighted by atomic mass is 10.2. The predicted octanol–water partition coefficient (Wildman–Crippen LogP) is 3.65. The molecule has 19 heavy (non-hydrogen) atoms. The Balaban J connectivity index is 2.14. The molecule has 0 bridgehead atoms. The molecule has 0 saturated carbocycles. The Morgan fingerprint density at radius 1 is 1.32 bits per heavy atom. The average Bonchev–Trinajstić information content (AvgIpc) is 2.83. The Kier molecular flexibility index (Phi) is 3.80. The Morgan fingerprint density at radius 2 is 2.05 bits per heavy atom. The van der Waals surface area contributed by atoms with Gasteiger partial charge in [0.05, 0.1) is 0 Å². The number of carbonyl (C=O) groups is 1. The molecule has 3 nitrogen and oxygen atoms in total. The molecular weight excluding hydrogens is 272 g/mol. The number of halogens is 2. The third kappa shape index (κ3) is 2.90. The van der Waals surface area contributed by atoms with E-state index in [1.165, 1.54) is 18.2 Å². The van der Waals surface area contributed by atoms with Crippen molar-refractivity contribution in [3.05, 3.63) is 51.2 Å². The van der Waals surface area contributed by atoms with E-state index in [-0.39, 0.29) is 17.1 Å². The van der Waals surface area contributed by atoms with Crippen LogP contribution in [0.3, 0.4) is 0 Å². The van der Waals surface area contributed by atoms with E-state index >= 15 is 0 Å². The number of aryl methyl sites for hydroxylation is 1. The van der Waals surface area contributed by atoms with E-state index in [0.717, 1.165) is 11.3 Å². The van der Waals surface area contributed by atoms with Gasteiger partial charge in [-0.3, -0.25) is 0 Å². The summed E-state index contributed by atoms with van der Waals surface area (Å²) in [6.45, 7) is 1.73. The average molecular weight is 283 g/mol. The quantitative estimate of drug-likeness (QED) is 0.900. The van der Waals surface area contributed by atoms with Crippen molar-refractivity contribution in [1.82, 2.24) is 0 Å². The predicted molar refractivity (Wildman–Crippen MR) is 69.7 cm³/mol. The number of hydrogen-bond acceptors (Lipinski definition) is 3. The van der Waals surface area contributed by atoms with Crippen LogP contribution in [0.4, 0.5) is 14.5 Å². The Morgan fingerprint density at radius 3 is 2.68 bits per heavy atom. The van der Waals surface area contributed by atoms with Crippen LogP contribution in [0.1, 0.15) is 20.1 Å². The third-order valence-corrected chi connectivity index (χ3v) is 3.67. The van der Waals surface area contributed by atoms with Crippen molar-refractivity contribution in [2.45, 2.75) is 13.5 Å². The summed E-state index contributed by atoms with van der Waals surface area (Å²) < 4.78 is 27.2. The summed E-state index contributed by atoms with van der Waals surface area (Å²) in [5.41, 5.74) is 0.159. The number of rotatable bonds is 4. The first kappa shape index (κ1) is 13.5. The molecule has 6 heteroatoms. The van der Waals surface area contributed by atoms with Gasteiger partial charge < -0.3 is 10.4 Å². The SMILES string of the molecule is Cc1ccc(F)c(NCc2ccc(C(=O)O)s2)c1F. The van der Waals surface area contributed by atoms with E-state index in [9.17, 15) is 13.6 Å². The fourth-order valence-electron chi connectivity index (χ4n) is 1.58. The zero-order valence-corrected chi connectivity index (χ0v) is 10.9. The van der Waals surface area contributed by atoms with Crippen molar-refractivity contribution in [2.75, 3.05) is 5.32 Å². The summed E-state index contributed by atoms with van der Waals surface area (Å²) in [6.07, 6.45) is 0. The molecule has 0 spiro atoms. The summed E-state index contributed by atoms with van der Waals surface area (Å²) in [5.74, 6) is -2.31. The van der Waals surface area contributed by atoms with E-state index in [2.05, 4.69) is 5.32 Å². The second kappa shape index (κ2) is 5.36. The lowest BCUT2D eigenvalue weighted by Crippen LogP contribution is -2.03. The Hall–Kier alpha value is -1.95. The molecule has 0 saturated heterocycles. The van der Waals surface area contributed by atoms with Crippen molar-refractivity contribution in [2.24, 2.45) is 0 Å². The maximum atomic E-state index is 13.7. The smallest absolute Gasteiger partial charge is 0.345 e. The standard InChI is InChI=1S/C13H11F2NO2S/c1-7-2-4-9(14)12(11(7)15)16-6-8-3-5-10(19-8)13(17)18/h2-5,16H,6H2,1H3,(H,17,18). The van der Waals surface area contributed by atoms with Gasteiger partial charge >= 0.3 is 5.97 Å². The molecule has 0 aliphatic rings. The van der Waals surface area contributed by atoms with Gasteiger partial charge in [0.25, 0.3) is 0 Å². The van der Waals surface area contributed by atoms with Crippen molar-refractivity contribution in [1.29, 1.82) is 0 Å². The second-order valence-corrected chi connectivity index (χ2v) is 5.15. The first-order chi connectivity index (χ1) is 8.99. The molecule has 0 atom stereocenters. The molecule has 1 aromatic carbocycles. The Labute approximate surface area is 112 Å². The molecule has 0 amide bonds. The summed E-state index contributed by atoms with van der Waals surface area (Å²) in [6, 6.07) is 5.64. The molecule has 0 aliphatic carbocycles. The first-order valence-electron chi connectivity index (χ1n) is 5.49. The summed E-state index contributed by atoms with van der Waals surface area (Å²) in [4.78, 5) is 11.6. The highest BCUT2D eigenvalue weighted by Crippen LogP contribution is 2.24. The normalized spacial score (nSPS) is 10.5. The lowest BCUT2D eigenvalue weighted by Gasteiger charge is -2.09. The molecule has 1 aromatic heterocycles. The first-order valence-corrected chi connectivity index (χ1v) is 6.31. The van der Waals surface area contributed by atoms with Crippen molar-refractivity contribution in [3.8, 4) is 0 Å². The van der Waals surface area contributed by atoms with Crippen LogP contribution in [0.25, 0.3) is 0 Å². The van der Waals surface area contributed by atoms with Crippen LogP contribution < -0.4 is 5.32 Å². The molecule has 2 aromatic rings. The molecular formula is C13H11F2NO2S. The fourth-order valence-corrected chi connectivity index (χ4v) is 2.37. The minimum atomic E-state index is -1.01. The van der Waals surface area contributed by atoms with Gasteiger partial charge in [-0.1, -0.05) is 6.07 Å². The number of aromatic carboxylic acids is 1. The molecule has 0 unspecified atom stereocenters. The number of carboxylic acid groups (broad SMARTS) is 1. The van der Waals surface area contributed by atoms with Crippen LogP contribution in [0.2, 0.25) is 0 Å². The highest BCUT2D eigenvalue weighted by molar-refractivity contribution is 7.13. The van der Waals surface area contributed by atoms with E-state index in [1.54, 1.807) is 13.0 Å². The van der Waals surface area contributed by atoms with Gasteiger partial charge in [0.15, 0.2) is 5.82 Å². The van der Waals surface area contributed by atoms with E-state index < -0.39 is 17.6 Å². The molecule has 2 rings (SSSR count). The van der Waals surface area contributed by atoms with Crippen LogP contribution in [0, 0.1) is 18.6 Å². The minimum absolute atomic E-state index is 0.176. The van der Waals surface area contributed by atoms with Gasteiger partial charge in [-0.15, -0.1) is 11.3 Å². The largest absolute Gasteiger partial charge is 0.477 e. The molecule has 100 valence electrons. The third-order valence-electron chi connectivity index (χ3n) is 2.60. The van der Waals surface area contributed by atoms with Crippen LogP contribution in [-0.4, -0.2) is 11.1 Å². The second-order valence-electron chi connectivity index (χ2n) is 3.98. The van der Waals surface area contributed by atoms with Gasteiger partial charge in [0.1, 0.15) is 16.4 Å². The molecule has 1 heterocycles. The number of anilines is 1. The lowest BCUT2D eigenvalue weighted by molar-refractivity contribution is 0.0702. The number of carboxylic acids is 1. The fraction of sp³-hybridized carbons (Fsp3) is 0.154. The Bertz CT molecular complexity index is 625. The summed E-state index contributed by atoms with van der Waals surface area (Å²) in [5, 5.41) is 11.4. The van der Waals surface area contributed by atoms with E-state index in [4.69, 9.17) is 5.11 Å². The number of hydrogen-bond donors (Lipinski definition) is 2. The van der Waals surface area contributed by atoms with Crippen molar-refractivity contribution < 1.29 is 18.7 Å². The van der Waals surface area contributed by atoms with Crippen LogP contribution >= 0.6 is 11.3 Å². The number of nitrogens with one attached hydrogen (secondary N) is 1. The van der Waals surface area contributed by atoms with Gasteiger partial charge in [0, 0.05) is 11.4 Å². The minimum Gasteiger partial charge on any atom is -0.477 e. The van der Waals surface area contributed by atoms with Crippen molar-refractivity contribution in [3.63, 3.8) is 0 Å². The van der Waals surface area contributed by atoms with E-state index in [1.807, 2.05) is 0 Å².